The third-order valence-electron chi connectivity index (χ3n) is 5.65. The van der Waals surface area contributed by atoms with Gasteiger partial charge in [0, 0.05) is 31.1 Å². The second kappa shape index (κ2) is 11.2. The minimum absolute atomic E-state index is 0.0693. The van der Waals surface area contributed by atoms with E-state index < -0.39 is 0 Å². The lowest BCUT2D eigenvalue weighted by Gasteiger charge is -2.23. The fourth-order valence-corrected chi connectivity index (χ4v) is 3.88. The summed E-state index contributed by atoms with van der Waals surface area (Å²) in [6.07, 6.45) is 1.06. The summed E-state index contributed by atoms with van der Waals surface area (Å²) >= 11 is 0. The molecule has 0 radical (unpaired) electrons. The normalized spacial score (nSPS) is 10.7. The molecule has 0 aliphatic heterocycles. The maximum absolute atomic E-state index is 13.2. The van der Waals surface area contributed by atoms with Crippen molar-refractivity contribution in [3.05, 3.63) is 106 Å². The number of rotatable bonds is 10. The topological polar surface area (TPSA) is 71.8 Å². The van der Waals surface area contributed by atoms with E-state index in [0.717, 1.165) is 34.4 Å². The average molecular weight is 457 g/mol. The number of hydrogen-bond donors (Lipinski definition) is 1. The van der Waals surface area contributed by atoms with Crippen molar-refractivity contribution >= 4 is 22.6 Å². The molecule has 0 aliphatic carbocycles. The zero-order valence-corrected chi connectivity index (χ0v) is 19.2. The van der Waals surface area contributed by atoms with E-state index in [1.165, 1.54) is 6.07 Å². The lowest BCUT2D eigenvalue weighted by Crippen LogP contribution is -2.33. The molecule has 0 unspecified atom stereocenters. The van der Waals surface area contributed by atoms with Gasteiger partial charge >= 0.3 is 5.63 Å². The number of nitrogens with one attached hydrogen (secondary N) is 1. The van der Waals surface area contributed by atoms with Crippen molar-refractivity contribution in [2.45, 2.75) is 19.4 Å². The van der Waals surface area contributed by atoms with Gasteiger partial charge in [0.05, 0.1) is 19.2 Å². The number of carbonyl (C=O) groups excluding carboxylic acids is 1. The Morgan fingerprint density at radius 1 is 0.941 bits per heavy atom. The van der Waals surface area contributed by atoms with Gasteiger partial charge in [-0.2, -0.15) is 0 Å². The molecule has 174 valence electrons. The summed E-state index contributed by atoms with van der Waals surface area (Å²) in [5, 5.41) is 4.20. The number of methoxy groups -OCH3 is 1. The van der Waals surface area contributed by atoms with Crippen molar-refractivity contribution in [1.82, 2.24) is 4.90 Å². The van der Waals surface area contributed by atoms with Crippen molar-refractivity contribution in [1.29, 1.82) is 0 Å². The molecule has 0 saturated carbocycles. The van der Waals surface area contributed by atoms with E-state index in [2.05, 4.69) is 5.32 Å². The highest BCUT2D eigenvalue weighted by Gasteiger charge is 2.15. The van der Waals surface area contributed by atoms with Crippen LogP contribution in [0.15, 0.2) is 94.1 Å². The molecule has 4 aromatic rings. The number of hydrogen-bond acceptors (Lipinski definition) is 5. The largest absolute Gasteiger partial charge is 0.497 e. The lowest BCUT2D eigenvalue weighted by atomic mass is 10.1. The molecule has 1 aromatic heterocycles. The summed E-state index contributed by atoms with van der Waals surface area (Å²) in [7, 11) is 1.63. The Morgan fingerprint density at radius 2 is 1.68 bits per heavy atom. The Bertz CT molecular complexity index is 1280. The smallest absolute Gasteiger partial charge is 0.338 e. The molecular formula is C28H28N2O4. The Kier molecular flexibility index (Phi) is 7.60. The molecule has 1 heterocycles. The maximum atomic E-state index is 13.2. The molecule has 0 bridgehead atoms. The van der Waals surface area contributed by atoms with E-state index in [1.54, 1.807) is 13.2 Å². The van der Waals surface area contributed by atoms with Gasteiger partial charge in [-0.25, -0.2) is 4.79 Å². The monoisotopic (exact) mass is 456 g/mol. The third kappa shape index (κ3) is 6.04. The van der Waals surface area contributed by atoms with Crippen LogP contribution in [-0.2, 0) is 17.8 Å². The Balaban J connectivity index is 1.41. The molecule has 3 aromatic carbocycles. The molecule has 1 N–H and O–H groups in total. The molecule has 34 heavy (non-hydrogen) atoms. The highest BCUT2D eigenvalue weighted by atomic mass is 16.5. The minimum atomic E-state index is -0.387. The summed E-state index contributed by atoms with van der Waals surface area (Å²) < 4.78 is 10.5. The third-order valence-corrected chi connectivity index (χ3v) is 5.65. The predicted molar refractivity (Wildman–Crippen MR) is 134 cm³/mol. The first kappa shape index (κ1) is 23.1. The summed E-state index contributed by atoms with van der Waals surface area (Å²) in [4.78, 5) is 26.9. The van der Waals surface area contributed by atoms with Crippen molar-refractivity contribution in [3.8, 4) is 5.75 Å². The van der Waals surface area contributed by atoms with Crippen LogP contribution >= 0.6 is 0 Å². The SMILES string of the molecule is COc1ccc(CC(=O)N(CCCNc2cc(=O)oc3ccccc23)Cc2ccccc2)cc1. The number of nitrogens with zero attached hydrogens (tertiary/aromatic N) is 1. The molecule has 0 fully saturated rings. The van der Waals surface area contributed by atoms with Gasteiger partial charge < -0.3 is 19.4 Å². The van der Waals surface area contributed by atoms with Crippen LogP contribution in [0.25, 0.3) is 11.0 Å². The van der Waals surface area contributed by atoms with E-state index in [-0.39, 0.29) is 11.5 Å². The van der Waals surface area contributed by atoms with Crippen molar-refractivity contribution in [2.24, 2.45) is 0 Å². The van der Waals surface area contributed by atoms with Gasteiger partial charge in [-0.3, -0.25) is 4.79 Å². The second-order valence-corrected chi connectivity index (χ2v) is 8.08. The van der Waals surface area contributed by atoms with Crippen molar-refractivity contribution < 1.29 is 13.9 Å². The number of benzene rings is 3. The van der Waals surface area contributed by atoms with E-state index in [4.69, 9.17) is 9.15 Å². The highest BCUT2D eigenvalue weighted by Crippen LogP contribution is 2.21. The molecule has 6 nitrogen and oxygen atoms in total. The van der Waals surface area contributed by atoms with Crippen LogP contribution in [0.3, 0.4) is 0 Å². The van der Waals surface area contributed by atoms with Crippen LogP contribution in [0.5, 0.6) is 5.75 Å². The molecule has 0 spiro atoms. The van der Waals surface area contributed by atoms with Gasteiger partial charge in [0.1, 0.15) is 11.3 Å². The fraction of sp³-hybridized carbons (Fsp3) is 0.214. The van der Waals surface area contributed by atoms with E-state index in [0.29, 0.717) is 31.6 Å². The van der Waals surface area contributed by atoms with E-state index >= 15 is 0 Å². The van der Waals surface area contributed by atoms with Gasteiger partial charge in [0.25, 0.3) is 0 Å². The molecule has 0 atom stereocenters. The lowest BCUT2D eigenvalue weighted by molar-refractivity contribution is -0.131. The van der Waals surface area contributed by atoms with Crippen LogP contribution in [0.2, 0.25) is 0 Å². The number of para-hydroxylation sites is 1. The number of carbonyl (C=O) groups is 1. The van der Waals surface area contributed by atoms with Gasteiger partial charge in [-0.05, 0) is 41.8 Å². The summed E-state index contributed by atoms with van der Waals surface area (Å²) in [5.41, 5.74) is 2.94. The number of ether oxygens (including phenoxy) is 1. The van der Waals surface area contributed by atoms with E-state index in [9.17, 15) is 9.59 Å². The summed E-state index contributed by atoms with van der Waals surface area (Å²) in [6.45, 7) is 1.76. The van der Waals surface area contributed by atoms with Gasteiger partial charge in [-0.15, -0.1) is 0 Å². The summed E-state index contributed by atoms with van der Waals surface area (Å²) in [6, 6.07) is 26.5. The minimum Gasteiger partial charge on any atom is -0.497 e. The quantitative estimate of drug-likeness (QED) is 0.272. The van der Waals surface area contributed by atoms with Crippen LogP contribution in [-0.4, -0.2) is 31.0 Å². The van der Waals surface area contributed by atoms with Gasteiger partial charge in [-0.1, -0.05) is 54.6 Å². The molecule has 0 saturated heterocycles. The second-order valence-electron chi connectivity index (χ2n) is 8.08. The van der Waals surface area contributed by atoms with Gasteiger partial charge in [0.15, 0.2) is 0 Å². The maximum Gasteiger partial charge on any atom is 0.338 e. The Hall–Kier alpha value is -4.06. The predicted octanol–water partition coefficient (Wildman–Crippen LogP) is 4.88. The first-order chi connectivity index (χ1) is 16.6. The standard InChI is InChI=1S/C28H28N2O4/c1-33-23-14-12-21(13-15-23)18-27(31)30(20-22-8-3-2-4-9-22)17-7-16-29-25-19-28(32)34-26-11-6-5-10-24(25)26/h2-6,8-15,19,29H,7,16-18,20H2,1H3. The molecule has 4 rings (SSSR count). The van der Waals surface area contributed by atoms with Crippen LogP contribution < -0.4 is 15.7 Å². The Labute approximate surface area is 198 Å². The van der Waals surface area contributed by atoms with Crippen molar-refractivity contribution in [2.75, 3.05) is 25.5 Å². The van der Waals surface area contributed by atoms with Gasteiger partial charge in [0.2, 0.25) is 5.91 Å². The molecule has 1 amide bonds. The zero-order valence-electron chi connectivity index (χ0n) is 19.2. The Morgan fingerprint density at radius 3 is 2.44 bits per heavy atom. The summed E-state index contributed by atoms with van der Waals surface area (Å²) in [5.74, 6) is 0.839. The highest BCUT2D eigenvalue weighted by molar-refractivity contribution is 5.89. The number of fused-ring (bicyclic) bond motifs is 1. The number of amides is 1. The van der Waals surface area contributed by atoms with Crippen LogP contribution in [0.4, 0.5) is 5.69 Å². The first-order valence-electron chi connectivity index (χ1n) is 11.3. The van der Waals surface area contributed by atoms with Crippen molar-refractivity contribution in [3.63, 3.8) is 0 Å². The molecule has 6 heteroatoms. The fourth-order valence-electron chi connectivity index (χ4n) is 3.88. The van der Waals surface area contributed by atoms with Crippen LogP contribution in [0, 0.1) is 0 Å². The first-order valence-corrected chi connectivity index (χ1v) is 11.3. The van der Waals surface area contributed by atoms with E-state index in [1.807, 2.05) is 77.7 Å². The number of anilines is 1. The molecule has 0 aliphatic rings. The van der Waals surface area contributed by atoms with Crippen LogP contribution in [0.1, 0.15) is 17.5 Å². The average Bonchev–Trinajstić information content (AvgIpc) is 2.86. The molecular weight excluding hydrogens is 428 g/mol. The zero-order chi connectivity index (χ0) is 23.8.